The zero-order valence-electron chi connectivity index (χ0n) is 23.6. The zero-order chi connectivity index (χ0) is 29.0. The van der Waals surface area contributed by atoms with Gasteiger partial charge in [-0.1, -0.05) is 155 Å². The molecule has 0 amide bonds. The van der Waals surface area contributed by atoms with Crippen molar-refractivity contribution in [2.75, 3.05) is 0 Å². The normalized spacial score (nSPS) is 10.9. The minimum Gasteiger partial charge on any atom is -0.0622 e. The van der Waals surface area contributed by atoms with Crippen LogP contribution in [0.4, 0.5) is 0 Å². The molecule has 0 aliphatic carbocycles. The highest BCUT2D eigenvalue weighted by Crippen LogP contribution is 2.35. The van der Waals surface area contributed by atoms with Crippen LogP contribution < -0.4 is 0 Å². The SMILES string of the molecule is Brc1cc(-c2cccc(-c3ccc(-c4ccccc4)cc3)c2)cc(-c2cccc(-c3cccc(-c4ccccc4)c3)c2)c1. The van der Waals surface area contributed by atoms with Crippen molar-refractivity contribution in [2.24, 2.45) is 0 Å². The summed E-state index contributed by atoms with van der Waals surface area (Å²) in [6.45, 7) is 0. The third-order valence-corrected chi connectivity index (χ3v) is 8.38. The van der Waals surface area contributed by atoms with E-state index >= 15 is 0 Å². The van der Waals surface area contributed by atoms with Crippen molar-refractivity contribution in [3.05, 3.63) is 180 Å². The zero-order valence-corrected chi connectivity index (χ0v) is 25.2. The molecule has 0 atom stereocenters. The van der Waals surface area contributed by atoms with Gasteiger partial charge in [0.1, 0.15) is 0 Å². The minimum absolute atomic E-state index is 1.06. The Balaban J connectivity index is 1.19. The molecule has 0 fully saturated rings. The van der Waals surface area contributed by atoms with Crippen LogP contribution in [0.15, 0.2) is 180 Å². The predicted octanol–water partition coefficient (Wildman–Crippen LogP) is 12.5. The number of halogens is 1. The summed E-state index contributed by atoms with van der Waals surface area (Å²) in [6.07, 6.45) is 0. The molecule has 0 aliphatic rings. The summed E-state index contributed by atoms with van der Waals surface area (Å²) < 4.78 is 1.06. The Morgan fingerprint density at radius 2 is 0.465 bits per heavy atom. The van der Waals surface area contributed by atoms with Crippen LogP contribution >= 0.6 is 15.9 Å². The summed E-state index contributed by atoms with van der Waals surface area (Å²) >= 11 is 3.80. The minimum atomic E-state index is 1.06. The van der Waals surface area contributed by atoms with Crippen LogP contribution in [0.5, 0.6) is 0 Å². The molecule has 0 aliphatic heterocycles. The number of rotatable bonds is 6. The summed E-state index contributed by atoms with van der Waals surface area (Å²) in [5.74, 6) is 0. The van der Waals surface area contributed by atoms with Gasteiger partial charge >= 0.3 is 0 Å². The van der Waals surface area contributed by atoms with E-state index in [-0.39, 0.29) is 0 Å². The van der Waals surface area contributed by atoms with Gasteiger partial charge in [0.25, 0.3) is 0 Å². The number of benzene rings is 7. The van der Waals surface area contributed by atoms with Crippen LogP contribution in [-0.4, -0.2) is 0 Å². The van der Waals surface area contributed by atoms with E-state index in [2.05, 4.69) is 192 Å². The molecule has 0 spiro atoms. The van der Waals surface area contributed by atoms with Gasteiger partial charge < -0.3 is 0 Å². The molecular formula is C42H29Br. The van der Waals surface area contributed by atoms with Gasteiger partial charge in [0, 0.05) is 4.47 Å². The van der Waals surface area contributed by atoms with Crippen LogP contribution in [0.3, 0.4) is 0 Å². The molecule has 204 valence electrons. The Labute approximate surface area is 262 Å². The van der Waals surface area contributed by atoms with Crippen LogP contribution in [0.2, 0.25) is 0 Å². The smallest absolute Gasteiger partial charge is 0.0187 e. The average molecular weight is 614 g/mol. The summed E-state index contributed by atoms with van der Waals surface area (Å²) in [5.41, 5.74) is 14.5. The molecule has 7 aromatic carbocycles. The fourth-order valence-corrected chi connectivity index (χ4v) is 6.17. The molecule has 0 radical (unpaired) electrons. The summed E-state index contributed by atoms with van der Waals surface area (Å²) in [4.78, 5) is 0. The molecule has 0 saturated heterocycles. The van der Waals surface area contributed by atoms with Gasteiger partial charge in [-0.05, 0) is 103 Å². The van der Waals surface area contributed by atoms with Gasteiger partial charge in [0.15, 0.2) is 0 Å². The number of hydrogen-bond acceptors (Lipinski definition) is 0. The highest BCUT2D eigenvalue weighted by Gasteiger charge is 2.09. The number of hydrogen-bond donors (Lipinski definition) is 0. The van der Waals surface area contributed by atoms with Gasteiger partial charge in [-0.25, -0.2) is 0 Å². The van der Waals surface area contributed by atoms with Crippen LogP contribution in [0.1, 0.15) is 0 Å². The van der Waals surface area contributed by atoms with E-state index in [1.54, 1.807) is 0 Å². The monoisotopic (exact) mass is 612 g/mol. The Morgan fingerprint density at radius 3 is 0.884 bits per heavy atom. The molecular weight excluding hydrogens is 584 g/mol. The summed E-state index contributed by atoms with van der Waals surface area (Å²) in [7, 11) is 0. The molecule has 0 saturated carbocycles. The molecule has 0 nitrogen and oxygen atoms in total. The largest absolute Gasteiger partial charge is 0.0622 e. The van der Waals surface area contributed by atoms with E-state index < -0.39 is 0 Å². The molecule has 0 aromatic heterocycles. The molecule has 0 N–H and O–H groups in total. The van der Waals surface area contributed by atoms with Crippen molar-refractivity contribution in [1.29, 1.82) is 0 Å². The van der Waals surface area contributed by atoms with Crippen LogP contribution in [0, 0.1) is 0 Å². The maximum Gasteiger partial charge on any atom is 0.0187 e. The lowest BCUT2D eigenvalue weighted by atomic mass is 9.94. The summed E-state index contributed by atoms with van der Waals surface area (Å²) in [5, 5.41) is 0. The third kappa shape index (κ3) is 6.00. The second kappa shape index (κ2) is 12.1. The standard InChI is InChI=1S/C42H29Br/c43-42-28-40(38-18-8-15-35(25-38)33-22-20-32(21-23-33)30-10-3-1-4-11-30)27-41(29-42)39-19-9-17-37(26-39)36-16-7-14-34(24-36)31-12-5-2-6-13-31/h1-29H. The van der Waals surface area contributed by atoms with Crippen molar-refractivity contribution >= 4 is 15.9 Å². The fourth-order valence-electron chi connectivity index (χ4n) is 5.67. The Kier molecular flexibility index (Phi) is 7.56. The van der Waals surface area contributed by atoms with Gasteiger partial charge in [-0.2, -0.15) is 0 Å². The van der Waals surface area contributed by atoms with Gasteiger partial charge in [0.05, 0.1) is 0 Å². The third-order valence-electron chi connectivity index (χ3n) is 7.92. The molecule has 43 heavy (non-hydrogen) atoms. The highest BCUT2D eigenvalue weighted by molar-refractivity contribution is 9.10. The van der Waals surface area contributed by atoms with Crippen molar-refractivity contribution in [1.82, 2.24) is 0 Å². The van der Waals surface area contributed by atoms with Crippen molar-refractivity contribution in [3.8, 4) is 66.8 Å². The molecule has 1 heteroatoms. The van der Waals surface area contributed by atoms with Crippen molar-refractivity contribution in [3.63, 3.8) is 0 Å². The second-order valence-corrected chi connectivity index (χ2v) is 11.7. The fraction of sp³-hybridized carbons (Fsp3) is 0. The van der Waals surface area contributed by atoms with E-state index in [0.29, 0.717) is 0 Å². The summed E-state index contributed by atoms with van der Waals surface area (Å²) in [6, 6.07) is 63.0. The maximum absolute atomic E-state index is 3.80. The van der Waals surface area contributed by atoms with Gasteiger partial charge in [0.2, 0.25) is 0 Å². The quantitative estimate of drug-likeness (QED) is 0.175. The van der Waals surface area contributed by atoms with Crippen molar-refractivity contribution < 1.29 is 0 Å². The van der Waals surface area contributed by atoms with Crippen LogP contribution in [0.25, 0.3) is 66.8 Å². The molecule has 7 aromatic rings. The first-order valence-corrected chi connectivity index (χ1v) is 15.3. The molecule has 0 heterocycles. The highest BCUT2D eigenvalue weighted by atomic mass is 79.9. The first-order valence-electron chi connectivity index (χ1n) is 14.5. The molecule has 0 bridgehead atoms. The lowest BCUT2D eigenvalue weighted by Crippen LogP contribution is -1.86. The van der Waals surface area contributed by atoms with Gasteiger partial charge in [-0.15, -0.1) is 0 Å². The van der Waals surface area contributed by atoms with E-state index in [1.807, 2.05) is 0 Å². The Hall–Kier alpha value is -4.98. The predicted molar refractivity (Wildman–Crippen MR) is 187 cm³/mol. The van der Waals surface area contributed by atoms with Gasteiger partial charge in [-0.3, -0.25) is 0 Å². The first-order chi connectivity index (χ1) is 21.2. The molecule has 0 unspecified atom stereocenters. The van der Waals surface area contributed by atoms with E-state index in [0.717, 1.165) is 4.47 Å². The Morgan fingerprint density at radius 1 is 0.209 bits per heavy atom. The van der Waals surface area contributed by atoms with E-state index in [4.69, 9.17) is 0 Å². The average Bonchev–Trinajstić information content (AvgIpc) is 3.09. The lowest BCUT2D eigenvalue weighted by molar-refractivity contribution is 1.54. The van der Waals surface area contributed by atoms with Crippen molar-refractivity contribution in [2.45, 2.75) is 0 Å². The Bertz CT molecular complexity index is 2010. The lowest BCUT2D eigenvalue weighted by Gasteiger charge is -2.12. The second-order valence-electron chi connectivity index (χ2n) is 10.8. The van der Waals surface area contributed by atoms with Crippen LogP contribution in [-0.2, 0) is 0 Å². The topological polar surface area (TPSA) is 0 Å². The van der Waals surface area contributed by atoms with E-state index in [1.165, 1.54) is 66.8 Å². The van der Waals surface area contributed by atoms with E-state index in [9.17, 15) is 0 Å². The first kappa shape index (κ1) is 26.9. The maximum atomic E-state index is 3.80. The molecule has 7 rings (SSSR count).